The van der Waals surface area contributed by atoms with Crippen molar-refractivity contribution in [2.45, 2.75) is 76.2 Å². The van der Waals surface area contributed by atoms with Crippen molar-refractivity contribution in [2.24, 2.45) is 17.3 Å². The van der Waals surface area contributed by atoms with Crippen LogP contribution in [0.5, 0.6) is 5.75 Å². The number of aryl methyl sites for hydroxylation is 1. The third-order valence-corrected chi connectivity index (χ3v) is 8.32. The molecule has 0 heterocycles. The highest BCUT2D eigenvalue weighted by Crippen LogP contribution is 2.66. The molecule has 0 radical (unpaired) electrons. The van der Waals surface area contributed by atoms with E-state index in [1.807, 2.05) is 0 Å². The summed E-state index contributed by atoms with van der Waals surface area (Å²) in [4.78, 5) is 11.1. The van der Waals surface area contributed by atoms with Crippen LogP contribution in [0.2, 0.25) is 0 Å². The molecular weight excluding hydrogens is 340 g/mol. The molecule has 0 aliphatic heterocycles. The van der Waals surface area contributed by atoms with Crippen LogP contribution in [0.4, 0.5) is 0 Å². The Labute approximate surface area is 161 Å². The number of hydrogen-bond acceptors (Lipinski definition) is 3. The summed E-state index contributed by atoms with van der Waals surface area (Å²) in [6.45, 7) is 2.20. The van der Waals surface area contributed by atoms with E-state index in [0.29, 0.717) is 24.2 Å². The zero-order valence-corrected chi connectivity index (χ0v) is 16.5. The molecular formula is C23H32O4. The van der Waals surface area contributed by atoms with Crippen molar-refractivity contribution < 1.29 is 19.7 Å². The molecule has 27 heavy (non-hydrogen) atoms. The fraction of sp³-hybridized carbons (Fsp3) is 0.696. The van der Waals surface area contributed by atoms with Crippen molar-refractivity contribution in [2.75, 3.05) is 7.11 Å². The summed E-state index contributed by atoms with van der Waals surface area (Å²) in [7, 11) is 1.72. The van der Waals surface area contributed by atoms with Crippen LogP contribution in [0.3, 0.4) is 0 Å². The summed E-state index contributed by atoms with van der Waals surface area (Å²) < 4.78 is 5.41. The van der Waals surface area contributed by atoms with Crippen molar-refractivity contribution in [1.29, 1.82) is 0 Å². The van der Waals surface area contributed by atoms with E-state index in [9.17, 15) is 9.90 Å². The monoisotopic (exact) mass is 372 g/mol. The van der Waals surface area contributed by atoms with Crippen LogP contribution in [0.15, 0.2) is 18.2 Å². The van der Waals surface area contributed by atoms with Crippen LogP contribution in [0.1, 0.15) is 75.3 Å². The maximum Gasteiger partial charge on any atom is 0.303 e. The van der Waals surface area contributed by atoms with Crippen molar-refractivity contribution in [3.8, 4) is 5.75 Å². The molecule has 0 amide bonds. The van der Waals surface area contributed by atoms with Gasteiger partial charge in [-0.05, 0) is 92.4 Å². The van der Waals surface area contributed by atoms with Crippen LogP contribution in [0.25, 0.3) is 0 Å². The molecule has 148 valence electrons. The molecule has 2 saturated carbocycles. The summed E-state index contributed by atoms with van der Waals surface area (Å²) in [6, 6.07) is 6.54. The quantitative estimate of drug-likeness (QED) is 0.796. The first-order valence-corrected chi connectivity index (χ1v) is 10.5. The van der Waals surface area contributed by atoms with Gasteiger partial charge in [-0.2, -0.15) is 0 Å². The van der Waals surface area contributed by atoms with Crippen LogP contribution < -0.4 is 4.74 Å². The largest absolute Gasteiger partial charge is 0.497 e. The number of methoxy groups -OCH3 is 1. The van der Waals surface area contributed by atoms with Crippen molar-refractivity contribution in [1.82, 2.24) is 0 Å². The van der Waals surface area contributed by atoms with Gasteiger partial charge in [-0.15, -0.1) is 0 Å². The van der Waals surface area contributed by atoms with Gasteiger partial charge in [0.1, 0.15) is 5.75 Å². The maximum absolute atomic E-state index is 11.6. The van der Waals surface area contributed by atoms with E-state index in [-0.39, 0.29) is 11.8 Å². The van der Waals surface area contributed by atoms with Crippen molar-refractivity contribution in [3.63, 3.8) is 0 Å². The van der Waals surface area contributed by atoms with Crippen molar-refractivity contribution in [3.05, 3.63) is 29.3 Å². The highest BCUT2D eigenvalue weighted by Gasteiger charge is 2.62. The number of carboxylic acids is 1. The third-order valence-electron chi connectivity index (χ3n) is 8.32. The van der Waals surface area contributed by atoms with Crippen LogP contribution in [-0.4, -0.2) is 28.9 Å². The smallest absolute Gasteiger partial charge is 0.303 e. The van der Waals surface area contributed by atoms with Gasteiger partial charge < -0.3 is 14.9 Å². The van der Waals surface area contributed by atoms with E-state index in [2.05, 4.69) is 25.1 Å². The lowest BCUT2D eigenvalue weighted by Crippen LogP contribution is -2.52. The van der Waals surface area contributed by atoms with E-state index in [0.717, 1.165) is 44.3 Å². The third kappa shape index (κ3) is 2.79. The predicted molar refractivity (Wildman–Crippen MR) is 104 cm³/mol. The molecule has 2 N–H and O–H groups in total. The molecule has 0 aromatic heterocycles. The van der Waals surface area contributed by atoms with Gasteiger partial charge in [-0.3, -0.25) is 4.79 Å². The standard InChI is InChI=1S/C23H32O4/c1-3-22-11-8-18-17-7-5-16(27-2)14-15(17)4-6-19(18)20(22)9-12-23(22,26)13-10-21(24)25/h5,7,14,18-20,26H,3-4,6,8-13H2,1-2H3,(H,24,25)/t18?,19?,20?,22?,23-/m1/s1. The lowest BCUT2D eigenvalue weighted by Gasteiger charge is -2.55. The predicted octanol–water partition coefficient (Wildman–Crippen LogP) is 4.54. The molecule has 3 aliphatic rings. The van der Waals surface area contributed by atoms with E-state index in [4.69, 9.17) is 9.84 Å². The van der Waals surface area contributed by atoms with Gasteiger partial charge in [0.2, 0.25) is 0 Å². The number of benzene rings is 1. The SMILES string of the molecule is CCC12CCC3c4ccc(OC)cc4CCC3C1CC[C@@]2(O)CCC(=O)O. The lowest BCUT2D eigenvalue weighted by molar-refractivity contribution is -0.145. The first kappa shape index (κ1) is 18.8. The Morgan fingerprint density at radius 1 is 1.26 bits per heavy atom. The number of ether oxygens (including phenoxy) is 1. The summed E-state index contributed by atoms with van der Waals surface area (Å²) in [6.07, 6.45) is 7.59. The summed E-state index contributed by atoms with van der Waals surface area (Å²) in [5.74, 6) is 1.84. The first-order chi connectivity index (χ1) is 12.9. The van der Waals surface area contributed by atoms with Gasteiger partial charge >= 0.3 is 5.97 Å². The Bertz CT molecular complexity index is 729. The molecule has 5 atom stereocenters. The zero-order valence-electron chi connectivity index (χ0n) is 16.5. The van der Waals surface area contributed by atoms with Gasteiger partial charge in [0.25, 0.3) is 0 Å². The topological polar surface area (TPSA) is 66.8 Å². The highest BCUT2D eigenvalue weighted by atomic mass is 16.5. The summed E-state index contributed by atoms with van der Waals surface area (Å²) >= 11 is 0. The Hall–Kier alpha value is -1.55. The zero-order chi connectivity index (χ0) is 19.2. The van der Waals surface area contributed by atoms with Gasteiger partial charge in [-0.25, -0.2) is 0 Å². The summed E-state index contributed by atoms with van der Waals surface area (Å²) in [5, 5.41) is 20.7. The molecule has 0 saturated heterocycles. The average Bonchev–Trinajstić information content (AvgIpc) is 2.99. The van der Waals surface area contributed by atoms with E-state index in [1.165, 1.54) is 17.5 Å². The molecule has 3 aliphatic carbocycles. The number of aliphatic hydroxyl groups is 1. The van der Waals surface area contributed by atoms with Crippen molar-refractivity contribution >= 4 is 5.97 Å². The summed E-state index contributed by atoms with van der Waals surface area (Å²) in [5.41, 5.74) is 2.00. The molecule has 4 rings (SSSR count). The molecule has 0 spiro atoms. The molecule has 4 nitrogen and oxygen atoms in total. The van der Waals surface area contributed by atoms with Gasteiger partial charge in [0, 0.05) is 11.8 Å². The Kier molecular flexibility index (Phi) is 4.74. The minimum Gasteiger partial charge on any atom is -0.497 e. The van der Waals surface area contributed by atoms with Crippen LogP contribution >= 0.6 is 0 Å². The molecule has 4 unspecified atom stereocenters. The number of fused-ring (bicyclic) bond motifs is 5. The molecule has 0 bridgehead atoms. The second-order valence-corrected chi connectivity index (χ2v) is 8.99. The fourth-order valence-electron chi connectivity index (χ4n) is 7.07. The minimum atomic E-state index is -0.810. The van der Waals surface area contributed by atoms with Gasteiger partial charge in [0.05, 0.1) is 12.7 Å². The van der Waals surface area contributed by atoms with Crippen LogP contribution in [0, 0.1) is 17.3 Å². The Morgan fingerprint density at radius 2 is 2.07 bits per heavy atom. The highest BCUT2D eigenvalue weighted by molar-refractivity contribution is 5.66. The number of rotatable bonds is 5. The molecule has 1 aromatic rings. The Morgan fingerprint density at radius 3 is 2.78 bits per heavy atom. The number of aliphatic carboxylic acids is 1. The second kappa shape index (κ2) is 6.80. The van der Waals surface area contributed by atoms with E-state index >= 15 is 0 Å². The van der Waals surface area contributed by atoms with Gasteiger partial charge in [-0.1, -0.05) is 13.0 Å². The second-order valence-electron chi connectivity index (χ2n) is 8.99. The number of carboxylic acid groups (broad SMARTS) is 1. The average molecular weight is 373 g/mol. The molecule has 2 fully saturated rings. The number of carbonyl (C=O) groups is 1. The maximum atomic E-state index is 11.6. The first-order valence-electron chi connectivity index (χ1n) is 10.5. The van der Waals surface area contributed by atoms with E-state index in [1.54, 1.807) is 7.11 Å². The van der Waals surface area contributed by atoms with Crippen LogP contribution in [-0.2, 0) is 11.2 Å². The lowest BCUT2D eigenvalue weighted by atomic mass is 9.51. The number of hydrogen-bond donors (Lipinski definition) is 2. The minimum absolute atomic E-state index is 0.0711. The van der Waals surface area contributed by atoms with Gasteiger partial charge in [0.15, 0.2) is 0 Å². The Balaban J connectivity index is 1.64. The normalized spacial score (nSPS) is 37.2. The molecule has 1 aromatic carbocycles. The van der Waals surface area contributed by atoms with E-state index < -0.39 is 11.6 Å². The fourth-order valence-corrected chi connectivity index (χ4v) is 7.07. The molecule has 4 heteroatoms.